The molecule has 0 spiro atoms. The second-order valence-corrected chi connectivity index (χ2v) is 11.0. The van der Waals surface area contributed by atoms with E-state index in [-0.39, 0.29) is 0 Å². The molecule has 0 amide bonds. The summed E-state index contributed by atoms with van der Waals surface area (Å²) in [7, 11) is 0. The van der Waals surface area contributed by atoms with E-state index in [4.69, 9.17) is 22.0 Å². The lowest BCUT2D eigenvalue weighted by Crippen LogP contribution is -2.30. The number of halogens is 2. The highest BCUT2D eigenvalue weighted by molar-refractivity contribution is 6.33. The summed E-state index contributed by atoms with van der Waals surface area (Å²) in [6, 6.07) is 4.05. The topological polar surface area (TPSA) is 61.7 Å². The molecule has 0 aromatic carbocycles. The third-order valence-corrected chi connectivity index (χ3v) is 8.59. The second kappa shape index (κ2) is 9.68. The molecule has 0 radical (unpaired) electrons. The van der Waals surface area contributed by atoms with E-state index in [0.29, 0.717) is 36.0 Å². The van der Waals surface area contributed by atoms with Crippen LogP contribution in [-0.4, -0.2) is 27.9 Å². The molecule has 2 atom stereocenters. The molecule has 192 valence electrons. The van der Waals surface area contributed by atoms with Crippen LogP contribution >= 0.6 is 11.6 Å². The van der Waals surface area contributed by atoms with Crippen LogP contribution in [0, 0.1) is 12.3 Å². The van der Waals surface area contributed by atoms with Gasteiger partial charge in [0, 0.05) is 29.7 Å². The Morgan fingerprint density at radius 2 is 2.11 bits per heavy atom. The number of hydrogen-bond donors (Lipinski definition) is 2. The first kappa shape index (κ1) is 25.6. The van der Waals surface area contributed by atoms with Gasteiger partial charge >= 0.3 is 0 Å². The summed E-state index contributed by atoms with van der Waals surface area (Å²) in [6.07, 6.45) is 10.7. The summed E-state index contributed by atoms with van der Waals surface area (Å²) in [5.74, 6) is -0.0119. The van der Waals surface area contributed by atoms with Crippen molar-refractivity contribution in [2.24, 2.45) is 0 Å². The SMILES string of the molecule is C=C(NCC(c1cc2c(c(-c3ccnc(C)c3Cl)n1)CCC2C)C1(F)CC1)C1=C/C(=C/C)C(=N)C(C)=C1. The van der Waals surface area contributed by atoms with Gasteiger partial charge in [0.05, 0.1) is 28.0 Å². The number of nitrogens with one attached hydrogen (secondary N) is 2. The smallest absolute Gasteiger partial charge is 0.121 e. The van der Waals surface area contributed by atoms with Crippen LogP contribution in [0.4, 0.5) is 4.39 Å². The third kappa shape index (κ3) is 4.70. The highest BCUT2D eigenvalue weighted by atomic mass is 35.5. The highest BCUT2D eigenvalue weighted by Crippen LogP contribution is 2.52. The predicted molar refractivity (Wildman–Crippen MR) is 150 cm³/mol. The maximum Gasteiger partial charge on any atom is 0.121 e. The Morgan fingerprint density at radius 3 is 2.81 bits per heavy atom. The average Bonchev–Trinajstić information content (AvgIpc) is 3.52. The van der Waals surface area contributed by atoms with Crippen LogP contribution < -0.4 is 5.32 Å². The first-order valence-corrected chi connectivity index (χ1v) is 13.4. The summed E-state index contributed by atoms with van der Waals surface area (Å²) < 4.78 is 15.9. The van der Waals surface area contributed by atoms with Crippen LogP contribution in [0.15, 0.2) is 65.6 Å². The van der Waals surface area contributed by atoms with Gasteiger partial charge in [0.25, 0.3) is 0 Å². The highest BCUT2D eigenvalue weighted by Gasteiger charge is 2.51. The van der Waals surface area contributed by atoms with E-state index >= 15 is 4.39 Å². The van der Waals surface area contributed by atoms with E-state index in [1.807, 2.05) is 45.1 Å². The molecule has 0 saturated heterocycles. The Kier molecular flexibility index (Phi) is 6.70. The van der Waals surface area contributed by atoms with Crippen LogP contribution in [0.2, 0.25) is 5.02 Å². The second-order valence-electron chi connectivity index (χ2n) is 10.7. The van der Waals surface area contributed by atoms with Crippen LogP contribution in [0.3, 0.4) is 0 Å². The maximum atomic E-state index is 15.9. The molecule has 2 aromatic heterocycles. The van der Waals surface area contributed by atoms with E-state index in [1.54, 1.807) is 6.20 Å². The average molecular weight is 517 g/mol. The van der Waals surface area contributed by atoms with Crippen molar-refractivity contribution in [3.8, 4) is 11.3 Å². The van der Waals surface area contributed by atoms with Crippen molar-refractivity contribution in [1.29, 1.82) is 5.41 Å². The van der Waals surface area contributed by atoms with Gasteiger partial charge in [-0.15, -0.1) is 0 Å². The fraction of sp³-hybridized carbons (Fsp3) is 0.387. The number of pyridine rings is 2. The molecule has 37 heavy (non-hydrogen) atoms. The summed E-state index contributed by atoms with van der Waals surface area (Å²) in [5, 5.41) is 12.3. The van der Waals surface area contributed by atoms with Crippen LogP contribution in [0.25, 0.3) is 11.3 Å². The lowest BCUT2D eigenvalue weighted by atomic mass is 9.90. The van der Waals surface area contributed by atoms with Gasteiger partial charge in [-0.25, -0.2) is 4.39 Å². The number of aryl methyl sites for hydroxylation is 1. The van der Waals surface area contributed by atoms with Crippen molar-refractivity contribution >= 4 is 17.3 Å². The van der Waals surface area contributed by atoms with Crippen molar-refractivity contribution in [2.75, 3.05) is 6.54 Å². The Morgan fingerprint density at radius 1 is 1.35 bits per heavy atom. The number of hydrogen-bond acceptors (Lipinski definition) is 4. The number of fused-ring (bicyclic) bond motifs is 1. The molecule has 1 fully saturated rings. The van der Waals surface area contributed by atoms with Crippen molar-refractivity contribution < 1.29 is 4.39 Å². The zero-order valence-electron chi connectivity index (χ0n) is 22.0. The quantitative estimate of drug-likeness (QED) is 0.396. The van der Waals surface area contributed by atoms with Crippen molar-refractivity contribution in [3.63, 3.8) is 0 Å². The summed E-state index contributed by atoms with van der Waals surface area (Å²) in [5.41, 5.74) is 8.38. The monoisotopic (exact) mass is 516 g/mol. The molecule has 2 heterocycles. The Balaban J connectivity index is 1.50. The zero-order chi connectivity index (χ0) is 26.5. The molecule has 2 N–H and O–H groups in total. The molecular weight excluding hydrogens is 483 g/mol. The fourth-order valence-electron chi connectivity index (χ4n) is 5.53. The summed E-state index contributed by atoms with van der Waals surface area (Å²) in [6.45, 7) is 12.6. The first-order valence-electron chi connectivity index (χ1n) is 13.1. The molecule has 3 aliphatic rings. The van der Waals surface area contributed by atoms with Gasteiger partial charge in [0.2, 0.25) is 0 Å². The molecule has 6 heteroatoms. The fourth-order valence-corrected chi connectivity index (χ4v) is 5.73. The van der Waals surface area contributed by atoms with E-state index in [1.165, 1.54) is 11.1 Å². The van der Waals surface area contributed by atoms with E-state index < -0.39 is 11.6 Å². The minimum absolute atomic E-state index is 0.394. The molecule has 1 saturated carbocycles. The Labute approximate surface area is 224 Å². The van der Waals surface area contributed by atoms with Gasteiger partial charge < -0.3 is 10.7 Å². The summed E-state index contributed by atoms with van der Waals surface area (Å²) in [4.78, 5) is 9.44. The van der Waals surface area contributed by atoms with Gasteiger partial charge in [-0.2, -0.15) is 0 Å². The van der Waals surface area contributed by atoms with Gasteiger partial charge in [0.1, 0.15) is 5.67 Å². The molecule has 5 rings (SSSR count). The minimum atomic E-state index is -1.28. The first-order chi connectivity index (χ1) is 17.6. The van der Waals surface area contributed by atoms with E-state index in [9.17, 15) is 0 Å². The summed E-state index contributed by atoms with van der Waals surface area (Å²) >= 11 is 6.70. The number of allylic oxidation sites excluding steroid dienone is 5. The van der Waals surface area contributed by atoms with Gasteiger partial charge in [0.15, 0.2) is 0 Å². The third-order valence-electron chi connectivity index (χ3n) is 8.11. The van der Waals surface area contributed by atoms with Crippen molar-refractivity contribution in [1.82, 2.24) is 15.3 Å². The van der Waals surface area contributed by atoms with Gasteiger partial charge in [-0.3, -0.25) is 9.97 Å². The van der Waals surface area contributed by atoms with Crippen molar-refractivity contribution in [3.05, 3.63) is 93.1 Å². The largest absolute Gasteiger partial charge is 0.384 e. The van der Waals surface area contributed by atoms with Crippen LogP contribution in [0.1, 0.15) is 74.4 Å². The predicted octanol–water partition coefficient (Wildman–Crippen LogP) is 7.70. The standard InChI is InChI=1S/C31H34ClFN4/c1-6-21-14-22(13-18(3)29(21)34)19(4)36-16-26(31(33)10-11-31)27-15-25-17(2)7-8-23(25)30(37-27)24-9-12-35-20(5)28(24)32/h6,9,12-15,17,26,34,36H,4,7-8,10-11,16H2,1-3,5H3/b21-6-,34-29?. The number of rotatable bonds is 7. The number of nitrogens with zero attached hydrogens (tertiary/aromatic N) is 2. The molecule has 3 aliphatic carbocycles. The molecular formula is C31H34ClFN4. The van der Waals surface area contributed by atoms with E-state index in [2.05, 4.69) is 29.9 Å². The number of alkyl halides is 1. The molecule has 2 unspecified atom stereocenters. The molecule has 0 bridgehead atoms. The van der Waals surface area contributed by atoms with Gasteiger partial charge in [-0.1, -0.05) is 31.2 Å². The molecule has 4 nitrogen and oxygen atoms in total. The Bertz CT molecular complexity index is 1400. The van der Waals surface area contributed by atoms with Crippen LogP contribution in [0.5, 0.6) is 0 Å². The minimum Gasteiger partial charge on any atom is -0.384 e. The molecule has 0 aliphatic heterocycles. The lowest BCUT2D eigenvalue weighted by Gasteiger charge is -2.25. The molecule has 2 aromatic rings. The van der Waals surface area contributed by atoms with Crippen LogP contribution in [-0.2, 0) is 6.42 Å². The van der Waals surface area contributed by atoms with Crippen molar-refractivity contribution in [2.45, 2.75) is 70.9 Å². The number of aromatic nitrogens is 2. The normalized spacial score (nSPS) is 21.8. The van der Waals surface area contributed by atoms with Gasteiger partial charge in [-0.05, 0) is 105 Å². The zero-order valence-corrected chi connectivity index (χ0v) is 22.8. The lowest BCUT2D eigenvalue weighted by molar-refractivity contribution is 0.249. The Hall–Kier alpha value is -3.05. The maximum absolute atomic E-state index is 15.9. The van der Waals surface area contributed by atoms with E-state index in [0.717, 1.165) is 57.9 Å².